The van der Waals surface area contributed by atoms with Crippen molar-refractivity contribution in [1.82, 2.24) is 20.0 Å². The Labute approximate surface area is 140 Å². The van der Waals surface area contributed by atoms with Crippen molar-refractivity contribution in [3.63, 3.8) is 0 Å². The first kappa shape index (κ1) is 18.8. The summed E-state index contributed by atoms with van der Waals surface area (Å²) >= 11 is 0. The zero-order chi connectivity index (χ0) is 18.1. The number of rotatable bonds is 4. The van der Waals surface area contributed by atoms with Crippen molar-refractivity contribution >= 4 is 5.91 Å². The zero-order valence-corrected chi connectivity index (χ0v) is 14.6. The molecule has 0 saturated carbocycles. The highest BCUT2D eigenvalue weighted by molar-refractivity contribution is 5.95. The lowest BCUT2D eigenvalue weighted by Crippen LogP contribution is -2.54. The number of nitrogens with zero attached hydrogens (tertiary/aromatic N) is 3. The summed E-state index contributed by atoms with van der Waals surface area (Å²) in [5.74, 6) is -0.155. The first-order valence-corrected chi connectivity index (χ1v) is 8.15. The van der Waals surface area contributed by atoms with Gasteiger partial charge >= 0.3 is 6.18 Å². The Bertz CT molecular complexity index is 595. The van der Waals surface area contributed by atoms with Crippen molar-refractivity contribution in [2.24, 2.45) is 13.0 Å². The molecule has 1 amide bonds. The number of alkyl halides is 3. The average Bonchev–Trinajstić information content (AvgIpc) is 2.87. The van der Waals surface area contributed by atoms with Crippen molar-refractivity contribution in [1.29, 1.82) is 0 Å². The first-order valence-electron chi connectivity index (χ1n) is 8.15. The van der Waals surface area contributed by atoms with Gasteiger partial charge in [-0.2, -0.15) is 18.3 Å². The van der Waals surface area contributed by atoms with Crippen LogP contribution in [0.5, 0.6) is 0 Å². The van der Waals surface area contributed by atoms with Crippen LogP contribution in [0.2, 0.25) is 0 Å². The largest absolute Gasteiger partial charge is 0.435 e. The van der Waals surface area contributed by atoms with Crippen LogP contribution in [0.25, 0.3) is 0 Å². The fourth-order valence-electron chi connectivity index (χ4n) is 3.11. The van der Waals surface area contributed by atoms with E-state index in [1.807, 2.05) is 13.8 Å². The second-order valence-corrected chi connectivity index (χ2v) is 7.25. The molecule has 1 atom stereocenters. The second kappa shape index (κ2) is 6.74. The Hall–Kier alpha value is -1.57. The predicted molar refractivity (Wildman–Crippen MR) is 84.6 cm³/mol. The van der Waals surface area contributed by atoms with Gasteiger partial charge in [0.15, 0.2) is 5.69 Å². The SMILES string of the molecule is CC1CCCN(C(C)(C)CNC(=O)c2cn(C)nc2C(F)(F)F)C1. The van der Waals surface area contributed by atoms with Crippen molar-refractivity contribution < 1.29 is 18.0 Å². The zero-order valence-electron chi connectivity index (χ0n) is 14.6. The molecule has 0 spiro atoms. The van der Waals surface area contributed by atoms with Gasteiger partial charge in [0.05, 0.1) is 5.56 Å². The Kier molecular flexibility index (Phi) is 5.27. The molecule has 1 aromatic rings. The molecule has 0 aromatic carbocycles. The summed E-state index contributed by atoms with van der Waals surface area (Å²) in [4.78, 5) is 14.5. The number of hydrogen-bond acceptors (Lipinski definition) is 3. The number of piperidine rings is 1. The minimum Gasteiger partial charge on any atom is -0.350 e. The molecule has 8 heteroatoms. The number of likely N-dealkylation sites (tertiary alicyclic amines) is 1. The maximum Gasteiger partial charge on any atom is 0.435 e. The van der Waals surface area contributed by atoms with Crippen molar-refractivity contribution in [2.75, 3.05) is 19.6 Å². The quantitative estimate of drug-likeness (QED) is 0.912. The lowest BCUT2D eigenvalue weighted by molar-refractivity contribution is -0.141. The highest BCUT2D eigenvalue weighted by atomic mass is 19.4. The summed E-state index contributed by atoms with van der Waals surface area (Å²) in [7, 11) is 1.37. The number of nitrogens with one attached hydrogen (secondary N) is 1. The molecule has 1 N–H and O–H groups in total. The molecule has 5 nitrogen and oxygen atoms in total. The minimum absolute atomic E-state index is 0.282. The molecule has 1 unspecified atom stereocenters. The van der Waals surface area contributed by atoms with Crippen LogP contribution in [-0.2, 0) is 13.2 Å². The third-order valence-corrected chi connectivity index (χ3v) is 4.54. The molecule has 1 aromatic heterocycles. The van der Waals surface area contributed by atoms with Crippen molar-refractivity contribution in [3.05, 3.63) is 17.5 Å². The number of aromatic nitrogens is 2. The molecule has 0 aliphatic carbocycles. The Balaban J connectivity index is 2.05. The van der Waals surface area contributed by atoms with Crippen LogP contribution >= 0.6 is 0 Å². The normalized spacial score (nSPS) is 20.2. The molecule has 0 radical (unpaired) electrons. The summed E-state index contributed by atoms with van der Waals surface area (Å²) in [5, 5.41) is 6.01. The van der Waals surface area contributed by atoms with Crippen LogP contribution in [0, 0.1) is 5.92 Å². The highest BCUT2D eigenvalue weighted by Gasteiger charge is 2.39. The van der Waals surface area contributed by atoms with Gasteiger partial charge in [-0.1, -0.05) is 6.92 Å². The number of amides is 1. The monoisotopic (exact) mass is 346 g/mol. The maximum atomic E-state index is 13.0. The molecule has 0 bridgehead atoms. The van der Waals surface area contributed by atoms with Gasteiger partial charge in [0.1, 0.15) is 0 Å². The molecule has 1 aliphatic heterocycles. The van der Waals surface area contributed by atoms with E-state index in [0.717, 1.165) is 30.4 Å². The molecule has 1 aliphatic rings. The van der Waals surface area contributed by atoms with E-state index in [-0.39, 0.29) is 12.1 Å². The lowest BCUT2D eigenvalue weighted by atomic mass is 9.93. The molecule has 2 heterocycles. The van der Waals surface area contributed by atoms with Gasteiger partial charge in [-0.25, -0.2) is 0 Å². The van der Waals surface area contributed by atoms with Gasteiger partial charge in [-0.15, -0.1) is 0 Å². The third kappa shape index (κ3) is 4.28. The van der Waals surface area contributed by atoms with E-state index in [0.29, 0.717) is 5.92 Å². The Morgan fingerprint density at radius 1 is 1.42 bits per heavy atom. The number of carbonyl (C=O) groups excluding carboxylic acids is 1. The van der Waals surface area contributed by atoms with Crippen LogP contribution in [0.4, 0.5) is 13.2 Å². The van der Waals surface area contributed by atoms with Crippen LogP contribution < -0.4 is 5.32 Å². The number of carbonyl (C=O) groups is 1. The van der Waals surface area contributed by atoms with E-state index in [9.17, 15) is 18.0 Å². The molecule has 1 saturated heterocycles. The standard InChI is InChI=1S/C16H25F3N4O/c1-11-6-5-7-23(8-11)15(2,3)10-20-14(24)12-9-22(4)21-13(12)16(17,18)19/h9,11H,5-8,10H2,1-4H3,(H,20,24). The fourth-order valence-corrected chi connectivity index (χ4v) is 3.11. The summed E-state index contributed by atoms with van der Waals surface area (Å²) < 4.78 is 39.9. The Morgan fingerprint density at radius 2 is 2.08 bits per heavy atom. The second-order valence-electron chi connectivity index (χ2n) is 7.25. The van der Waals surface area contributed by atoms with Crippen LogP contribution in [0.15, 0.2) is 6.20 Å². The van der Waals surface area contributed by atoms with Crippen LogP contribution in [0.3, 0.4) is 0 Å². The smallest absolute Gasteiger partial charge is 0.350 e. The number of hydrogen-bond donors (Lipinski definition) is 1. The van der Waals surface area contributed by atoms with Gasteiger partial charge in [0.25, 0.3) is 5.91 Å². The van der Waals surface area contributed by atoms with E-state index in [1.165, 1.54) is 13.5 Å². The topological polar surface area (TPSA) is 50.2 Å². The number of aryl methyl sites for hydroxylation is 1. The van der Waals surface area contributed by atoms with Gasteiger partial charge < -0.3 is 5.32 Å². The summed E-state index contributed by atoms with van der Waals surface area (Å²) in [6.45, 7) is 8.34. The van der Waals surface area contributed by atoms with Crippen LogP contribution in [0.1, 0.15) is 49.7 Å². The summed E-state index contributed by atoms with van der Waals surface area (Å²) in [5.41, 5.74) is -1.90. The molecular formula is C16H25F3N4O. The lowest BCUT2D eigenvalue weighted by Gasteiger charge is -2.43. The maximum absolute atomic E-state index is 13.0. The van der Waals surface area contributed by atoms with E-state index in [2.05, 4.69) is 22.2 Å². The van der Waals surface area contributed by atoms with Crippen LogP contribution in [-0.4, -0.2) is 45.8 Å². The van der Waals surface area contributed by atoms with E-state index < -0.39 is 23.3 Å². The van der Waals surface area contributed by atoms with Crippen molar-refractivity contribution in [3.8, 4) is 0 Å². The van der Waals surface area contributed by atoms with E-state index in [1.54, 1.807) is 0 Å². The Morgan fingerprint density at radius 3 is 2.67 bits per heavy atom. The van der Waals surface area contributed by atoms with Gasteiger partial charge in [-0.3, -0.25) is 14.4 Å². The van der Waals surface area contributed by atoms with E-state index >= 15 is 0 Å². The van der Waals surface area contributed by atoms with E-state index in [4.69, 9.17) is 0 Å². The molecular weight excluding hydrogens is 321 g/mol. The highest BCUT2D eigenvalue weighted by Crippen LogP contribution is 2.30. The average molecular weight is 346 g/mol. The molecule has 136 valence electrons. The fraction of sp³-hybridized carbons (Fsp3) is 0.750. The third-order valence-electron chi connectivity index (χ3n) is 4.54. The van der Waals surface area contributed by atoms with Gasteiger partial charge in [0.2, 0.25) is 0 Å². The summed E-state index contributed by atoms with van der Waals surface area (Å²) in [6, 6.07) is 0. The molecule has 24 heavy (non-hydrogen) atoms. The molecule has 2 rings (SSSR count). The predicted octanol–water partition coefficient (Wildman–Crippen LogP) is 2.68. The number of halogens is 3. The minimum atomic E-state index is -4.65. The van der Waals surface area contributed by atoms with Gasteiger partial charge in [-0.05, 0) is 39.2 Å². The van der Waals surface area contributed by atoms with Crippen molar-refractivity contribution in [2.45, 2.75) is 45.3 Å². The molecule has 1 fully saturated rings. The summed E-state index contributed by atoms with van der Waals surface area (Å²) in [6.07, 6.45) is -1.26. The first-order chi connectivity index (χ1) is 11.0. The van der Waals surface area contributed by atoms with Gasteiger partial charge in [0, 0.05) is 31.9 Å².